The monoisotopic (exact) mass is 418 g/mol. The Morgan fingerprint density at radius 2 is 1.89 bits per heavy atom. The predicted molar refractivity (Wildman–Crippen MR) is 104 cm³/mol. The summed E-state index contributed by atoms with van der Waals surface area (Å²) in [6.45, 7) is 5.73. The van der Waals surface area contributed by atoms with Crippen molar-refractivity contribution in [2.24, 2.45) is 0 Å². The Kier molecular flexibility index (Phi) is 9.41. The zero-order valence-electron chi connectivity index (χ0n) is 15.7. The van der Waals surface area contributed by atoms with Gasteiger partial charge in [-0.25, -0.2) is 4.79 Å². The molecule has 1 amide bonds. The Morgan fingerprint density at radius 3 is 2.48 bits per heavy atom. The van der Waals surface area contributed by atoms with Gasteiger partial charge in [0.05, 0.1) is 35.9 Å². The highest BCUT2D eigenvalue weighted by molar-refractivity contribution is 6.42. The van der Waals surface area contributed by atoms with E-state index in [1.165, 1.54) is 7.11 Å². The molecule has 0 aliphatic heterocycles. The summed E-state index contributed by atoms with van der Waals surface area (Å²) in [6, 6.07) is 5.01. The van der Waals surface area contributed by atoms with Crippen molar-refractivity contribution in [1.82, 2.24) is 10.8 Å². The standard InChI is InChI=1S/C18H24Cl2N2O5/c1-18(2,3)27-17(24)21-9-10-26-22-15(7-8-16(23)25-4)12-5-6-13(19)14(20)11-12/h5-7,11,22H,8-10H2,1-4H3,(H,21,24). The van der Waals surface area contributed by atoms with Crippen LogP contribution in [0.4, 0.5) is 4.79 Å². The molecule has 1 aromatic rings. The lowest BCUT2D eigenvalue weighted by Crippen LogP contribution is -2.35. The number of hydrogen-bond donors (Lipinski definition) is 2. The summed E-state index contributed by atoms with van der Waals surface area (Å²) in [5.41, 5.74) is 3.36. The molecule has 2 N–H and O–H groups in total. The molecule has 0 bridgehead atoms. The topological polar surface area (TPSA) is 85.9 Å². The van der Waals surface area contributed by atoms with Crippen LogP contribution in [0, 0.1) is 0 Å². The molecule has 0 fully saturated rings. The highest BCUT2D eigenvalue weighted by atomic mass is 35.5. The first-order valence-electron chi connectivity index (χ1n) is 8.19. The van der Waals surface area contributed by atoms with Crippen LogP contribution in [0.2, 0.25) is 10.0 Å². The number of methoxy groups -OCH3 is 1. The third-order valence-electron chi connectivity index (χ3n) is 2.99. The van der Waals surface area contributed by atoms with Crippen molar-refractivity contribution >= 4 is 41.0 Å². The fourth-order valence-corrected chi connectivity index (χ4v) is 2.10. The van der Waals surface area contributed by atoms with E-state index in [-0.39, 0.29) is 19.6 Å². The van der Waals surface area contributed by atoms with Gasteiger partial charge in [0.15, 0.2) is 0 Å². The molecule has 27 heavy (non-hydrogen) atoms. The molecular weight excluding hydrogens is 395 g/mol. The summed E-state index contributed by atoms with van der Waals surface area (Å²) in [4.78, 5) is 28.3. The van der Waals surface area contributed by atoms with Crippen LogP contribution in [0.15, 0.2) is 24.3 Å². The third kappa shape index (κ3) is 9.51. The van der Waals surface area contributed by atoms with Gasteiger partial charge in [0.1, 0.15) is 5.60 Å². The molecule has 1 rings (SSSR count). The maximum Gasteiger partial charge on any atom is 0.407 e. The van der Waals surface area contributed by atoms with Crippen LogP contribution in [0.3, 0.4) is 0 Å². The van der Waals surface area contributed by atoms with Crippen molar-refractivity contribution in [1.29, 1.82) is 0 Å². The number of rotatable bonds is 8. The number of carbonyl (C=O) groups is 2. The van der Waals surface area contributed by atoms with Gasteiger partial charge in [-0.15, -0.1) is 0 Å². The van der Waals surface area contributed by atoms with Crippen molar-refractivity contribution < 1.29 is 23.9 Å². The van der Waals surface area contributed by atoms with Gasteiger partial charge in [-0.2, -0.15) is 0 Å². The summed E-state index contributed by atoms with van der Waals surface area (Å²) in [5, 5.41) is 3.35. The normalized spacial score (nSPS) is 11.7. The van der Waals surface area contributed by atoms with Gasteiger partial charge in [-0.05, 0) is 39.0 Å². The van der Waals surface area contributed by atoms with Crippen LogP contribution in [0.5, 0.6) is 0 Å². The second-order valence-electron chi connectivity index (χ2n) is 6.41. The van der Waals surface area contributed by atoms with Crippen molar-refractivity contribution in [3.05, 3.63) is 39.9 Å². The number of nitrogens with one attached hydrogen (secondary N) is 2. The maximum atomic E-state index is 11.6. The van der Waals surface area contributed by atoms with Crippen LogP contribution in [0.25, 0.3) is 5.70 Å². The molecule has 1 aromatic carbocycles. The molecule has 0 aliphatic rings. The second-order valence-corrected chi connectivity index (χ2v) is 7.22. The van der Waals surface area contributed by atoms with Crippen molar-refractivity contribution in [3.63, 3.8) is 0 Å². The van der Waals surface area contributed by atoms with Crippen LogP contribution >= 0.6 is 23.2 Å². The Balaban J connectivity index is 2.61. The van der Waals surface area contributed by atoms with E-state index in [2.05, 4.69) is 15.5 Å². The smallest absolute Gasteiger partial charge is 0.407 e. The minimum absolute atomic E-state index is 0.0403. The van der Waals surface area contributed by atoms with Gasteiger partial charge < -0.3 is 14.8 Å². The average molecular weight is 419 g/mol. The average Bonchev–Trinajstić information content (AvgIpc) is 2.57. The molecule has 0 unspecified atom stereocenters. The number of alkyl carbamates (subject to hydrolysis) is 1. The maximum absolute atomic E-state index is 11.6. The lowest BCUT2D eigenvalue weighted by molar-refractivity contribution is -0.139. The minimum Gasteiger partial charge on any atom is -0.469 e. The van der Waals surface area contributed by atoms with E-state index in [1.54, 1.807) is 45.0 Å². The quantitative estimate of drug-likeness (QED) is 0.377. The van der Waals surface area contributed by atoms with Gasteiger partial charge in [0.2, 0.25) is 0 Å². The van der Waals surface area contributed by atoms with Crippen LogP contribution in [-0.4, -0.2) is 37.9 Å². The molecule has 0 saturated carbocycles. The molecule has 0 atom stereocenters. The molecule has 7 nitrogen and oxygen atoms in total. The number of halogens is 2. The van der Waals surface area contributed by atoms with E-state index in [9.17, 15) is 9.59 Å². The van der Waals surface area contributed by atoms with E-state index < -0.39 is 17.7 Å². The van der Waals surface area contributed by atoms with Gasteiger partial charge in [-0.1, -0.05) is 29.3 Å². The lowest BCUT2D eigenvalue weighted by Gasteiger charge is -2.19. The van der Waals surface area contributed by atoms with Crippen LogP contribution in [0.1, 0.15) is 32.8 Å². The number of benzene rings is 1. The summed E-state index contributed by atoms with van der Waals surface area (Å²) < 4.78 is 9.75. The molecule has 0 heterocycles. The minimum atomic E-state index is -0.569. The van der Waals surface area contributed by atoms with E-state index in [4.69, 9.17) is 32.8 Å². The number of carbonyl (C=O) groups excluding carboxylic acids is 2. The van der Waals surface area contributed by atoms with E-state index >= 15 is 0 Å². The number of amides is 1. The first kappa shape index (κ1) is 23.1. The fourth-order valence-electron chi connectivity index (χ4n) is 1.80. The molecule has 9 heteroatoms. The van der Waals surface area contributed by atoms with E-state index in [0.29, 0.717) is 21.3 Å². The summed E-state index contributed by atoms with van der Waals surface area (Å²) in [7, 11) is 1.31. The van der Waals surface area contributed by atoms with E-state index in [0.717, 1.165) is 0 Å². The molecule has 0 saturated heterocycles. The molecular formula is C18H24Cl2N2O5. The van der Waals surface area contributed by atoms with Gasteiger partial charge in [0, 0.05) is 12.1 Å². The molecule has 0 spiro atoms. The highest BCUT2D eigenvalue weighted by Crippen LogP contribution is 2.25. The SMILES string of the molecule is COC(=O)CC=C(NOCCNC(=O)OC(C)(C)C)c1ccc(Cl)c(Cl)c1. The Labute approximate surface area is 168 Å². The molecule has 0 aromatic heterocycles. The Hall–Kier alpha value is -1.96. The molecule has 0 aliphatic carbocycles. The number of hydrogen-bond acceptors (Lipinski definition) is 6. The number of hydroxylamine groups is 1. The fraction of sp³-hybridized carbons (Fsp3) is 0.444. The van der Waals surface area contributed by atoms with Gasteiger partial charge >= 0.3 is 12.1 Å². The van der Waals surface area contributed by atoms with Crippen molar-refractivity contribution in [2.75, 3.05) is 20.3 Å². The first-order chi connectivity index (χ1) is 12.6. The lowest BCUT2D eigenvalue weighted by atomic mass is 10.1. The summed E-state index contributed by atoms with van der Waals surface area (Å²) in [6.07, 6.45) is 1.11. The number of esters is 1. The zero-order valence-corrected chi connectivity index (χ0v) is 17.2. The zero-order chi connectivity index (χ0) is 20.4. The van der Waals surface area contributed by atoms with Gasteiger partial charge in [-0.3, -0.25) is 15.1 Å². The number of ether oxygens (including phenoxy) is 2. The predicted octanol–water partition coefficient (Wildman–Crippen LogP) is 3.94. The summed E-state index contributed by atoms with van der Waals surface area (Å²) >= 11 is 12.0. The van der Waals surface area contributed by atoms with Gasteiger partial charge in [0.25, 0.3) is 0 Å². The molecule has 0 radical (unpaired) electrons. The summed E-state index contributed by atoms with van der Waals surface area (Å²) in [5.74, 6) is -0.402. The van der Waals surface area contributed by atoms with Crippen LogP contribution in [-0.2, 0) is 19.1 Å². The largest absolute Gasteiger partial charge is 0.469 e. The van der Waals surface area contributed by atoms with Crippen LogP contribution < -0.4 is 10.8 Å². The van der Waals surface area contributed by atoms with E-state index in [1.807, 2.05) is 0 Å². The van der Waals surface area contributed by atoms with Crippen molar-refractivity contribution in [2.45, 2.75) is 32.8 Å². The Bertz CT molecular complexity index is 687. The molecule has 150 valence electrons. The highest BCUT2D eigenvalue weighted by Gasteiger charge is 2.15. The van der Waals surface area contributed by atoms with Crippen molar-refractivity contribution in [3.8, 4) is 0 Å². The third-order valence-corrected chi connectivity index (χ3v) is 3.72. The first-order valence-corrected chi connectivity index (χ1v) is 8.95. The second kappa shape index (κ2) is 11.0. The Morgan fingerprint density at radius 1 is 1.19 bits per heavy atom.